The van der Waals surface area contributed by atoms with E-state index in [2.05, 4.69) is 25.5 Å². The van der Waals surface area contributed by atoms with Crippen LogP contribution in [0.25, 0.3) is 10.8 Å². The molecule has 0 saturated carbocycles. The average Bonchev–Trinajstić information content (AvgIpc) is 2.80. The summed E-state index contributed by atoms with van der Waals surface area (Å²) in [5.41, 5.74) is 5.11. The molecule has 198 valence electrons. The number of benzene rings is 3. The molecule has 0 unspecified atom stereocenters. The maximum atomic E-state index is 13.7. The number of nitrogens with zero attached hydrogens (tertiary/aromatic N) is 4. The third-order valence-electron chi connectivity index (χ3n) is 4.91. The maximum Gasteiger partial charge on any atom is 0.313 e. The van der Waals surface area contributed by atoms with Gasteiger partial charge in [0.05, 0.1) is 16.0 Å². The van der Waals surface area contributed by atoms with Crippen LogP contribution in [0, 0.1) is 12.0 Å². The van der Waals surface area contributed by atoms with Crippen LogP contribution in [0.15, 0.2) is 62.5 Å². The fourth-order valence-electron chi connectivity index (χ4n) is 3.28. The Morgan fingerprint density at radius 2 is 1.66 bits per heavy atom. The fourth-order valence-corrected chi connectivity index (χ4v) is 4.55. The van der Waals surface area contributed by atoms with Crippen molar-refractivity contribution in [2.75, 3.05) is 11.1 Å². The van der Waals surface area contributed by atoms with E-state index in [1.165, 1.54) is 12.1 Å². The first kappa shape index (κ1) is 27.0. The van der Waals surface area contributed by atoms with Gasteiger partial charge in [-0.15, -0.1) is 10.2 Å². The van der Waals surface area contributed by atoms with Crippen molar-refractivity contribution in [2.24, 2.45) is 10.2 Å². The molecule has 4 rings (SSSR count). The minimum Gasteiger partial charge on any atom is -0.507 e. The zero-order chi connectivity index (χ0) is 28.0. The monoisotopic (exact) mass is 586 g/mol. The number of rotatable bonds is 6. The number of nitrogens with two attached hydrogens (primary N) is 1. The molecule has 1 aromatic heterocycles. The molecule has 13 nitrogen and oxygen atoms in total. The zero-order valence-corrected chi connectivity index (χ0v) is 20.7. The second-order valence-corrected chi connectivity index (χ2v) is 10.6. The highest BCUT2D eigenvalue weighted by atomic mass is 35.5. The van der Waals surface area contributed by atoms with Crippen LogP contribution in [0.4, 0.5) is 37.3 Å². The van der Waals surface area contributed by atoms with Gasteiger partial charge in [0.1, 0.15) is 27.0 Å². The third-order valence-corrected chi connectivity index (χ3v) is 6.98. The van der Waals surface area contributed by atoms with Crippen LogP contribution in [0.2, 0.25) is 5.02 Å². The smallest absolute Gasteiger partial charge is 0.313 e. The molecule has 0 radical (unpaired) electrons. The second-order valence-electron chi connectivity index (χ2n) is 7.45. The minimum absolute atomic E-state index is 0.0442. The Kier molecular flexibility index (Phi) is 6.89. The summed E-state index contributed by atoms with van der Waals surface area (Å²) in [6.45, 7) is 0. The first-order valence-electron chi connectivity index (χ1n) is 9.86. The lowest BCUT2D eigenvalue weighted by Gasteiger charge is -2.11. The van der Waals surface area contributed by atoms with Gasteiger partial charge in [-0.25, -0.2) is 0 Å². The van der Waals surface area contributed by atoms with Crippen molar-refractivity contribution in [1.29, 1.82) is 0 Å². The average molecular weight is 587 g/mol. The van der Waals surface area contributed by atoms with Gasteiger partial charge in [-0.3, -0.25) is 9.11 Å². The SMILES string of the molecule is Nc1ccc2cc(S(=O)(=O)O)cc(O)c2c1N=Nc1cc(Nc2nc(F)nc(F)c2Cl)ccc1S(=O)(=O)O. The van der Waals surface area contributed by atoms with Gasteiger partial charge in [-0.05, 0) is 35.7 Å². The number of nitrogen functional groups attached to an aromatic ring is 1. The van der Waals surface area contributed by atoms with E-state index in [0.717, 1.165) is 30.3 Å². The number of hydrogen-bond acceptors (Lipinski definition) is 11. The summed E-state index contributed by atoms with van der Waals surface area (Å²) >= 11 is 5.73. The van der Waals surface area contributed by atoms with Crippen molar-refractivity contribution in [3.05, 3.63) is 59.5 Å². The summed E-state index contributed by atoms with van der Waals surface area (Å²) in [5.74, 6) is -2.51. The minimum atomic E-state index is -4.86. The van der Waals surface area contributed by atoms with Crippen molar-refractivity contribution in [2.45, 2.75) is 9.79 Å². The Morgan fingerprint density at radius 1 is 0.947 bits per heavy atom. The first-order chi connectivity index (χ1) is 17.6. The van der Waals surface area contributed by atoms with Crippen LogP contribution in [0.3, 0.4) is 0 Å². The molecule has 4 aromatic rings. The molecule has 0 bridgehead atoms. The molecule has 0 saturated heterocycles. The topological polar surface area (TPSA) is 218 Å². The quantitative estimate of drug-likeness (QED) is 0.0696. The lowest BCUT2D eigenvalue weighted by Crippen LogP contribution is -2.03. The van der Waals surface area contributed by atoms with Crippen molar-refractivity contribution in [1.82, 2.24) is 9.97 Å². The predicted molar refractivity (Wildman–Crippen MR) is 131 cm³/mol. The summed E-state index contributed by atoms with van der Waals surface area (Å²) in [7, 11) is -9.53. The zero-order valence-electron chi connectivity index (χ0n) is 18.3. The number of azo groups is 1. The van der Waals surface area contributed by atoms with E-state index in [9.17, 15) is 39.8 Å². The van der Waals surface area contributed by atoms with Gasteiger partial charge < -0.3 is 16.2 Å². The van der Waals surface area contributed by atoms with E-state index in [4.69, 9.17) is 17.3 Å². The molecule has 1 heterocycles. The molecule has 6 N–H and O–H groups in total. The van der Waals surface area contributed by atoms with Gasteiger partial charge in [0.15, 0.2) is 5.82 Å². The van der Waals surface area contributed by atoms with Gasteiger partial charge in [-0.2, -0.15) is 35.6 Å². The van der Waals surface area contributed by atoms with Gasteiger partial charge in [0.25, 0.3) is 20.2 Å². The van der Waals surface area contributed by atoms with Gasteiger partial charge in [-0.1, -0.05) is 17.7 Å². The normalized spacial score (nSPS) is 12.3. The Balaban J connectivity index is 1.85. The molecule has 0 amide bonds. The standard InChI is InChI=1S/C20H13ClF2N6O7S2/c21-16-18(22)26-20(23)27-19(16)25-9-2-4-14(38(34,35)36)12(6-9)28-29-17-11(24)3-1-8-5-10(37(31,32)33)7-13(30)15(8)17/h1-7,30H,24H2,(H,25,26,27)(H,31,32,33)(H,34,35,36). The van der Waals surface area contributed by atoms with Crippen LogP contribution in [-0.2, 0) is 20.2 Å². The summed E-state index contributed by atoms with van der Waals surface area (Å²) in [6, 6.07) is 7.40. The van der Waals surface area contributed by atoms with Crippen LogP contribution in [-0.4, -0.2) is 41.0 Å². The van der Waals surface area contributed by atoms with Crippen LogP contribution in [0.1, 0.15) is 0 Å². The van der Waals surface area contributed by atoms with E-state index >= 15 is 0 Å². The van der Waals surface area contributed by atoms with Crippen molar-refractivity contribution in [3.63, 3.8) is 0 Å². The van der Waals surface area contributed by atoms with Gasteiger partial charge in [0, 0.05) is 11.8 Å². The van der Waals surface area contributed by atoms with E-state index in [0.29, 0.717) is 0 Å². The largest absolute Gasteiger partial charge is 0.507 e. The number of phenolic OH excluding ortho intramolecular Hbond substituents is 1. The summed E-state index contributed by atoms with van der Waals surface area (Å²) < 4.78 is 92.7. The number of anilines is 3. The van der Waals surface area contributed by atoms with E-state index in [1.807, 2.05) is 0 Å². The molecule has 0 spiro atoms. The number of phenols is 1. The van der Waals surface area contributed by atoms with E-state index in [-0.39, 0.29) is 27.8 Å². The molecule has 0 fully saturated rings. The van der Waals surface area contributed by atoms with Crippen LogP contribution in [0.5, 0.6) is 5.75 Å². The summed E-state index contributed by atoms with van der Waals surface area (Å²) in [5, 5.41) is 19.9. The van der Waals surface area contributed by atoms with Crippen LogP contribution >= 0.6 is 11.6 Å². The number of aromatic nitrogens is 2. The summed E-state index contributed by atoms with van der Waals surface area (Å²) in [4.78, 5) is 4.80. The highest BCUT2D eigenvalue weighted by Crippen LogP contribution is 2.41. The number of halogens is 3. The highest BCUT2D eigenvalue weighted by molar-refractivity contribution is 7.86. The first-order valence-corrected chi connectivity index (χ1v) is 13.1. The summed E-state index contributed by atoms with van der Waals surface area (Å²) in [6.07, 6.45) is -1.44. The van der Waals surface area contributed by atoms with Crippen molar-refractivity contribution < 1.29 is 39.8 Å². The molecule has 0 aliphatic rings. The molecule has 38 heavy (non-hydrogen) atoms. The number of aromatic hydroxyl groups is 1. The fraction of sp³-hybridized carbons (Fsp3) is 0. The molecule has 0 aliphatic heterocycles. The molecule has 0 aliphatic carbocycles. The molecule has 18 heteroatoms. The predicted octanol–water partition coefficient (Wildman–Crippen LogP) is 4.50. The van der Waals surface area contributed by atoms with Crippen molar-refractivity contribution in [3.8, 4) is 5.75 Å². The molecule has 3 aromatic carbocycles. The lowest BCUT2D eigenvalue weighted by molar-refractivity contribution is 0.471. The van der Waals surface area contributed by atoms with E-state index < -0.39 is 64.3 Å². The van der Waals surface area contributed by atoms with E-state index in [1.54, 1.807) is 0 Å². The molecular formula is C20H13ClF2N6O7S2. The second kappa shape index (κ2) is 9.69. The van der Waals surface area contributed by atoms with Crippen LogP contribution < -0.4 is 11.1 Å². The number of fused-ring (bicyclic) bond motifs is 1. The lowest BCUT2D eigenvalue weighted by atomic mass is 10.1. The molecular weight excluding hydrogens is 574 g/mol. The Morgan fingerprint density at radius 3 is 2.32 bits per heavy atom. The Labute approximate surface area is 217 Å². The maximum absolute atomic E-state index is 13.7. The number of nitrogens with one attached hydrogen (secondary N) is 1. The Hall–Kier alpha value is -4.03. The molecule has 0 atom stereocenters. The Bertz CT molecular complexity index is 1870. The van der Waals surface area contributed by atoms with Gasteiger partial charge >= 0.3 is 6.08 Å². The number of hydrogen-bond donors (Lipinski definition) is 5. The third kappa shape index (κ3) is 5.46. The van der Waals surface area contributed by atoms with Gasteiger partial charge in [0.2, 0.25) is 5.95 Å². The van der Waals surface area contributed by atoms with Crippen molar-refractivity contribution >= 4 is 71.2 Å². The highest BCUT2D eigenvalue weighted by Gasteiger charge is 2.20.